The van der Waals surface area contributed by atoms with E-state index in [0.29, 0.717) is 12.0 Å². The van der Waals surface area contributed by atoms with Crippen LogP contribution in [0.25, 0.3) is 0 Å². The fraction of sp³-hybridized carbons (Fsp3) is 0.571. The fourth-order valence-corrected chi connectivity index (χ4v) is 2.88. The first kappa shape index (κ1) is 12.8. The van der Waals surface area contributed by atoms with Crippen molar-refractivity contribution in [2.75, 3.05) is 30.8 Å². The predicted octanol–water partition coefficient (Wildman–Crippen LogP) is 2.84. The van der Waals surface area contributed by atoms with E-state index < -0.39 is 0 Å². The van der Waals surface area contributed by atoms with Gasteiger partial charge in [0.05, 0.1) is 0 Å². The van der Waals surface area contributed by atoms with Crippen molar-refractivity contribution < 1.29 is 0 Å². The molecule has 0 bridgehead atoms. The number of rotatable bonds is 3. The minimum atomic E-state index is 0.612. The summed E-state index contributed by atoms with van der Waals surface area (Å²) in [6.07, 6.45) is 2.14. The average Bonchev–Trinajstić information content (AvgIpc) is 2.39. The van der Waals surface area contributed by atoms with Gasteiger partial charge in [-0.25, -0.2) is 0 Å². The number of piperazine rings is 1. The smallest absolute Gasteiger partial charge is 0.0438 e. The first-order valence-corrected chi connectivity index (χ1v) is 7.56. The molecular formula is C14H22N2S. The summed E-state index contributed by atoms with van der Waals surface area (Å²) in [5.74, 6) is 0.681. The second-order valence-electron chi connectivity index (χ2n) is 4.91. The molecule has 2 rings (SSSR count). The molecule has 1 aliphatic rings. The number of thioether (sulfide) groups is 1. The zero-order valence-electron chi connectivity index (χ0n) is 10.9. The number of benzene rings is 1. The molecule has 1 atom stereocenters. The molecule has 1 N–H and O–H groups in total. The van der Waals surface area contributed by atoms with Crippen LogP contribution in [0.3, 0.4) is 0 Å². The summed E-state index contributed by atoms with van der Waals surface area (Å²) in [7, 11) is 0. The molecule has 0 saturated carbocycles. The van der Waals surface area contributed by atoms with Gasteiger partial charge in [0, 0.05) is 36.3 Å². The normalized spacial score (nSPS) is 20.9. The largest absolute Gasteiger partial charge is 0.366 e. The van der Waals surface area contributed by atoms with Crippen molar-refractivity contribution in [3.63, 3.8) is 0 Å². The Morgan fingerprint density at radius 2 is 2.24 bits per heavy atom. The minimum absolute atomic E-state index is 0.612. The summed E-state index contributed by atoms with van der Waals surface area (Å²) in [5.41, 5.74) is 1.37. The van der Waals surface area contributed by atoms with Gasteiger partial charge in [-0.2, -0.15) is 0 Å². The SMILES string of the molecule is CSc1cccc(N2CCNCC2C(C)C)c1. The highest BCUT2D eigenvalue weighted by Gasteiger charge is 2.24. The Kier molecular flexibility index (Phi) is 4.35. The number of nitrogens with one attached hydrogen (secondary N) is 1. The Labute approximate surface area is 109 Å². The molecule has 0 aliphatic carbocycles. The number of hydrogen-bond acceptors (Lipinski definition) is 3. The molecule has 0 spiro atoms. The molecule has 94 valence electrons. The van der Waals surface area contributed by atoms with Gasteiger partial charge in [0.1, 0.15) is 0 Å². The van der Waals surface area contributed by atoms with Crippen LogP contribution in [0, 0.1) is 5.92 Å². The van der Waals surface area contributed by atoms with Crippen molar-refractivity contribution in [3.8, 4) is 0 Å². The summed E-state index contributed by atoms with van der Waals surface area (Å²) in [6, 6.07) is 9.51. The number of hydrogen-bond donors (Lipinski definition) is 1. The highest BCUT2D eigenvalue weighted by Crippen LogP contribution is 2.26. The van der Waals surface area contributed by atoms with Crippen LogP contribution < -0.4 is 10.2 Å². The summed E-state index contributed by atoms with van der Waals surface area (Å²) in [5, 5.41) is 3.50. The van der Waals surface area contributed by atoms with Gasteiger partial charge in [-0.15, -0.1) is 11.8 Å². The van der Waals surface area contributed by atoms with E-state index in [1.165, 1.54) is 10.6 Å². The highest BCUT2D eigenvalue weighted by molar-refractivity contribution is 7.98. The maximum atomic E-state index is 3.50. The van der Waals surface area contributed by atoms with E-state index >= 15 is 0 Å². The monoisotopic (exact) mass is 250 g/mol. The Balaban J connectivity index is 2.22. The molecular weight excluding hydrogens is 228 g/mol. The first-order chi connectivity index (χ1) is 8.22. The topological polar surface area (TPSA) is 15.3 Å². The Morgan fingerprint density at radius 1 is 1.41 bits per heavy atom. The molecule has 1 saturated heterocycles. The standard InChI is InChI=1S/C14H22N2S/c1-11(2)14-10-15-7-8-16(14)12-5-4-6-13(9-12)17-3/h4-6,9,11,14-15H,7-8,10H2,1-3H3. The molecule has 3 heteroatoms. The highest BCUT2D eigenvalue weighted by atomic mass is 32.2. The molecule has 1 fully saturated rings. The van der Waals surface area contributed by atoms with Gasteiger partial charge in [-0.3, -0.25) is 0 Å². The summed E-state index contributed by atoms with van der Waals surface area (Å²) in [6.45, 7) is 7.92. The van der Waals surface area contributed by atoms with E-state index in [-0.39, 0.29) is 0 Å². The van der Waals surface area contributed by atoms with Crippen molar-refractivity contribution in [1.29, 1.82) is 0 Å². The lowest BCUT2D eigenvalue weighted by atomic mass is 10.00. The molecule has 1 heterocycles. The van der Waals surface area contributed by atoms with Gasteiger partial charge >= 0.3 is 0 Å². The van der Waals surface area contributed by atoms with E-state index in [0.717, 1.165) is 19.6 Å². The summed E-state index contributed by atoms with van der Waals surface area (Å²) in [4.78, 5) is 3.91. The minimum Gasteiger partial charge on any atom is -0.366 e. The molecule has 1 aromatic carbocycles. The van der Waals surface area contributed by atoms with Gasteiger partial charge in [-0.1, -0.05) is 19.9 Å². The van der Waals surface area contributed by atoms with E-state index in [9.17, 15) is 0 Å². The Bertz CT molecular complexity index is 365. The third kappa shape index (κ3) is 2.96. The molecule has 0 radical (unpaired) electrons. The van der Waals surface area contributed by atoms with Crippen LogP contribution in [0.5, 0.6) is 0 Å². The Hall–Kier alpha value is -0.670. The van der Waals surface area contributed by atoms with Crippen molar-refractivity contribution in [2.24, 2.45) is 5.92 Å². The van der Waals surface area contributed by atoms with Crippen LogP contribution in [0.15, 0.2) is 29.2 Å². The van der Waals surface area contributed by atoms with Crippen LogP contribution >= 0.6 is 11.8 Å². The average molecular weight is 250 g/mol. The van der Waals surface area contributed by atoms with E-state index in [1.54, 1.807) is 0 Å². The lowest BCUT2D eigenvalue weighted by molar-refractivity contribution is 0.390. The summed E-state index contributed by atoms with van der Waals surface area (Å²) >= 11 is 1.81. The lowest BCUT2D eigenvalue weighted by Gasteiger charge is -2.40. The van der Waals surface area contributed by atoms with Gasteiger partial charge in [0.25, 0.3) is 0 Å². The van der Waals surface area contributed by atoms with Gasteiger partial charge in [0.2, 0.25) is 0 Å². The maximum Gasteiger partial charge on any atom is 0.0438 e. The zero-order chi connectivity index (χ0) is 12.3. The summed E-state index contributed by atoms with van der Waals surface area (Å²) < 4.78 is 0. The van der Waals surface area contributed by atoms with Crippen molar-refractivity contribution >= 4 is 17.4 Å². The van der Waals surface area contributed by atoms with Crippen LogP contribution in [0.1, 0.15) is 13.8 Å². The fourth-order valence-electron chi connectivity index (χ4n) is 2.43. The first-order valence-electron chi connectivity index (χ1n) is 6.34. The van der Waals surface area contributed by atoms with Crippen LogP contribution in [-0.2, 0) is 0 Å². The van der Waals surface area contributed by atoms with Gasteiger partial charge in [-0.05, 0) is 30.4 Å². The molecule has 17 heavy (non-hydrogen) atoms. The molecule has 1 aromatic rings. The second-order valence-corrected chi connectivity index (χ2v) is 5.79. The van der Waals surface area contributed by atoms with Gasteiger partial charge in [0.15, 0.2) is 0 Å². The lowest BCUT2D eigenvalue weighted by Crippen LogP contribution is -2.53. The molecule has 1 unspecified atom stereocenters. The zero-order valence-corrected chi connectivity index (χ0v) is 11.8. The van der Waals surface area contributed by atoms with Crippen molar-refractivity contribution in [3.05, 3.63) is 24.3 Å². The Morgan fingerprint density at radius 3 is 2.94 bits per heavy atom. The van der Waals surface area contributed by atoms with Crippen LogP contribution in [-0.4, -0.2) is 31.9 Å². The van der Waals surface area contributed by atoms with Crippen molar-refractivity contribution in [2.45, 2.75) is 24.8 Å². The quantitative estimate of drug-likeness (QED) is 0.831. The van der Waals surface area contributed by atoms with E-state index in [2.05, 4.69) is 54.6 Å². The third-order valence-corrected chi connectivity index (χ3v) is 4.16. The molecule has 2 nitrogen and oxygen atoms in total. The molecule has 1 aliphatic heterocycles. The second kappa shape index (κ2) is 5.78. The van der Waals surface area contributed by atoms with E-state index in [1.807, 2.05) is 11.8 Å². The molecule has 0 aromatic heterocycles. The molecule has 0 amide bonds. The predicted molar refractivity (Wildman–Crippen MR) is 77.1 cm³/mol. The van der Waals surface area contributed by atoms with Crippen LogP contribution in [0.2, 0.25) is 0 Å². The maximum absolute atomic E-state index is 3.50. The van der Waals surface area contributed by atoms with E-state index in [4.69, 9.17) is 0 Å². The van der Waals surface area contributed by atoms with Crippen molar-refractivity contribution in [1.82, 2.24) is 5.32 Å². The number of anilines is 1. The van der Waals surface area contributed by atoms with Gasteiger partial charge < -0.3 is 10.2 Å². The third-order valence-electron chi connectivity index (χ3n) is 3.44. The number of nitrogens with zero attached hydrogens (tertiary/aromatic N) is 1. The van der Waals surface area contributed by atoms with Crippen LogP contribution in [0.4, 0.5) is 5.69 Å².